The molecule has 0 aliphatic rings. The van der Waals surface area contributed by atoms with Crippen molar-refractivity contribution >= 4 is 10.9 Å². The fourth-order valence-corrected chi connectivity index (χ4v) is 1.82. The molecule has 0 spiro atoms. The summed E-state index contributed by atoms with van der Waals surface area (Å²) in [4.78, 5) is 2.02. The number of fused-ring (bicyclic) bond motifs is 1. The van der Waals surface area contributed by atoms with Gasteiger partial charge in [-0.05, 0) is 39.2 Å². The average molecular weight is 238 g/mol. The Bertz CT molecular complexity index is 531. The highest BCUT2D eigenvalue weighted by molar-refractivity contribution is 5.80. The number of hydrogen-bond donors (Lipinski definition) is 0. The topological polar surface area (TPSA) is 8.17 Å². The largest absolute Gasteiger partial charge is 0.316 e. The number of aromatic nitrogens is 1. The lowest BCUT2D eigenvalue weighted by Gasteiger charge is -2.21. The van der Waals surface area contributed by atoms with E-state index in [1.54, 1.807) is 10.6 Å². The molecule has 0 amide bonds. The molecule has 0 radical (unpaired) electrons. The predicted octanol–water partition coefficient (Wildman–Crippen LogP) is 2.87. The van der Waals surface area contributed by atoms with Gasteiger partial charge in [0.15, 0.2) is 5.95 Å². The summed E-state index contributed by atoms with van der Waals surface area (Å²) in [6.45, 7) is 2.57. The van der Waals surface area contributed by atoms with Crippen LogP contribution in [0, 0.1) is 11.8 Å². The molecule has 0 unspecified atom stereocenters. The third-order valence-corrected chi connectivity index (χ3v) is 3.14. The monoisotopic (exact) mass is 238 g/mol. The molecule has 0 aliphatic carbocycles. The fourth-order valence-electron chi connectivity index (χ4n) is 1.82. The number of hydrogen-bond acceptors (Lipinski definition) is 1. The van der Waals surface area contributed by atoms with Crippen LogP contribution < -0.4 is 0 Å². The second-order valence-electron chi connectivity index (χ2n) is 4.59. The lowest BCUT2D eigenvalue weighted by molar-refractivity contribution is 0.276. The fraction of sp³-hybridized carbons (Fsp3) is 0.385. The van der Waals surface area contributed by atoms with E-state index in [-0.39, 0.29) is 17.8 Å². The first-order chi connectivity index (χ1) is 7.99. The first-order valence-electron chi connectivity index (χ1n) is 5.60. The van der Waals surface area contributed by atoms with Gasteiger partial charge in [-0.1, -0.05) is 0 Å². The standard InChI is InChI=1S/C13H16F2N2/c1-9(16(2)3)8-17-12-5-4-11(14)6-10(12)7-13(17)15/h4-7,9H,8H2,1-3H3/t9-/m1/s1. The number of benzene rings is 1. The van der Waals surface area contributed by atoms with Crippen molar-refractivity contribution in [2.75, 3.05) is 14.1 Å². The minimum atomic E-state index is -0.338. The van der Waals surface area contributed by atoms with E-state index in [1.165, 1.54) is 18.2 Å². The zero-order valence-corrected chi connectivity index (χ0v) is 10.2. The molecule has 1 aromatic heterocycles. The Morgan fingerprint density at radius 2 is 1.94 bits per heavy atom. The van der Waals surface area contributed by atoms with Gasteiger partial charge in [0.05, 0.1) is 5.52 Å². The van der Waals surface area contributed by atoms with Crippen molar-refractivity contribution in [2.24, 2.45) is 0 Å². The van der Waals surface area contributed by atoms with Crippen molar-refractivity contribution in [3.63, 3.8) is 0 Å². The first-order valence-corrected chi connectivity index (χ1v) is 5.60. The second-order valence-corrected chi connectivity index (χ2v) is 4.59. The summed E-state index contributed by atoms with van der Waals surface area (Å²) in [6, 6.07) is 5.93. The molecular formula is C13H16F2N2. The minimum absolute atomic E-state index is 0.213. The molecule has 0 saturated carbocycles. The number of likely N-dealkylation sites (N-methyl/N-ethyl adjacent to an activating group) is 1. The predicted molar refractivity (Wildman–Crippen MR) is 65.0 cm³/mol. The maximum Gasteiger partial charge on any atom is 0.194 e. The maximum absolute atomic E-state index is 13.8. The van der Waals surface area contributed by atoms with E-state index in [1.807, 2.05) is 25.9 Å². The molecule has 1 heterocycles. The lowest BCUT2D eigenvalue weighted by atomic mass is 10.2. The summed E-state index contributed by atoms with van der Waals surface area (Å²) in [5, 5.41) is 0.605. The van der Waals surface area contributed by atoms with Crippen LogP contribution in [-0.2, 0) is 6.54 Å². The van der Waals surface area contributed by atoms with Gasteiger partial charge in [0.1, 0.15) is 5.82 Å². The smallest absolute Gasteiger partial charge is 0.194 e. The van der Waals surface area contributed by atoms with E-state index >= 15 is 0 Å². The summed E-state index contributed by atoms with van der Waals surface area (Å²) in [5.74, 6) is -0.658. The van der Waals surface area contributed by atoms with Crippen molar-refractivity contribution in [3.8, 4) is 0 Å². The van der Waals surface area contributed by atoms with Crippen molar-refractivity contribution in [1.29, 1.82) is 0 Å². The van der Waals surface area contributed by atoms with Gasteiger partial charge in [-0.3, -0.25) is 0 Å². The van der Waals surface area contributed by atoms with E-state index in [9.17, 15) is 8.78 Å². The Labute approximate surface area is 99.4 Å². The van der Waals surface area contributed by atoms with Crippen LogP contribution >= 0.6 is 0 Å². The summed E-state index contributed by atoms with van der Waals surface area (Å²) < 4.78 is 28.4. The van der Waals surface area contributed by atoms with Gasteiger partial charge in [0.25, 0.3) is 0 Å². The van der Waals surface area contributed by atoms with Crippen LogP contribution in [0.3, 0.4) is 0 Å². The van der Waals surface area contributed by atoms with Crippen LogP contribution in [0.15, 0.2) is 24.3 Å². The van der Waals surface area contributed by atoms with E-state index in [0.717, 1.165) is 5.52 Å². The third kappa shape index (κ3) is 2.31. The Balaban J connectivity index is 2.43. The highest BCUT2D eigenvalue weighted by Crippen LogP contribution is 2.20. The highest BCUT2D eigenvalue weighted by Gasteiger charge is 2.13. The quantitative estimate of drug-likeness (QED) is 0.798. The SMILES string of the molecule is C[C@H](Cn1c(F)cc2cc(F)ccc21)N(C)C. The molecule has 1 atom stereocenters. The van der Waals surface area contributed by atoms with Crippen molar-refractivity contribution in [1.82, 2.24) is 9.47 Å². The normalized spacial score (nSPS) is 13.5. The van der Waals surface area contributed by atoms with Crippen LogP contribution in [0.1, 0.15) is 6.92 Å². The molecule has 0 fully saturated rings. The minimum Gasteiger partial charge on any atom is -0.316 e. The number of nitrogens with zero attached hydrogens (tertiary/aromatic N) is 2. The average Bonchev–Trinajstić information content (AvgIpc) is 2.54. The molecule has 0 saturated heterocycles. The molecule has 0 aliphatic heterocycles. The van der Waals surface area contributed by atoms with Gasteiger partial charge < -0.3 is 9.47 Å². The zero-order valence-electron chi connectivity index (χ0n) is 10.2. The van der Waals surface area contributed by atoms with Crippen molar-refractivity contribution in [3.05, 3.63) is 36.0 Å². The van der Waals surface area contributed by atoms with Crippen molar-refractivity contribution < 1.29 is 8.78 Å². The second kappa shape index (κ2) is 4.45. The van der Waals surface area contributed by atoms with Crippen LogP contribution in [0.5, 0.6) is 0 Å². The van der Waals surface area contributed by atoms with E-state index in [2.05, 4.69) is 0 Å². The molecule has 17 heavy (non-hydrogen) atoms. The summed E-state index contributed by atoms with van der Waals surface area (Å²) in [6.07, 6.45) is 0. The lowest BCUT2D eigenvalue weighted by Crippen LogP contribution is -2.29. The Morgan fingerprint density at radius 1 is 1.24 bits per heavy atom. The molecule has 2 rings (SSSR count). The van der Waals surface area contributed by atoms with Crippen LogP contribution in [-0.4, -0.2) is 29.6 Å². The molecule has 92 valence electrons. The van der Waals surface area contributed by atoms with E-state index in [4.69, 9.17) is 0 Å². The molecule has 2 nitrogen and oxygen atoms in total. The van der Waals surface area contributed by atoms with Crippen LogP contribution in [0.2, 0.25) is 0 Å². The molecule has 4 heteroatoms. The summed E-state index contributed by atoms with van der Waals surface area (Å²) in [5.41, 5.74) is 0.734. The Hall–Kier alpha value is -1.42. The van der Waals surface area contributed by atoms with Gasteiger partial charge in [-0.25, -0.2) is 4.39 Å². The number of halogens is 2. The van der Waals surface area contributed by atoms with Gasteiger partial charge in [0.2, 0.25) is 0 Å². The van der Waals surface area contributed by atoms with Crippen LogP contribution in [0.4, 0.5) is 8.78 Å². The van der Waals surface area contributed by atoms with Gasteiger partial charge in [-0.2, -0.15) is 4.39 Å². The van der Waals surface area contributed by atoms with Crippen molar-refractivity contribution in [2.45, 2.75) is 19.5 Å². The first kappa shape index (κ1) is 12.0. The van der Waals surface area contributed by atoms with E-state index < -0.39 is 0 Å². The van der Waals surface area contributed by atoms with Gasteiger partial charge in [-0.15, -0.1) is 0 Å². The Kier molecular flexibility index (Phi) is 3.15. The zero-order chi connectivity index (χ0) is 12.6. The summed E-state index contributed by atoms with van der Waals surface area (Å²) in [7, 11) is 3.90. The third-order valence-electron chi connectivity index (χ3n) is 3.14. The van der Waals surface area contributed by atoms with Gasteiger partial charge in [0, 0.05) is 24.0 Å². The van der Waals surface area contributed by atoms with Crippen LogP contribution in [0.25, 0.3) is 10.9 Å². The summed E-state index contributed by atoms with van der Waals surface area (Å²) >= 11 is 0. The highest BCUT2D eigenvalue weighted by atomic mass is 19.1. The molecule has 1 aromatic carbocycles. The molecule has 0 N–H and O–H groups in total. The maximum atomic E-state index is 13.8. The molecule has 0 bridgehead atoms. The van der Waals surface area contributed by atoms with E-state index in [0.29, 0.717) is 11.9 Å². The molecule has 2 aromatic rings. The van der Waals surface area contributed by atoms with Gasteiger partial charge >= 0.3 is 0 Å². The number of rotatable bonds is 3. The Morgan fingerprint density at radius 3 is 2.59 bits per heavy atom. The molecular weight excluding hydrogens is 222 g/mol.